The molecule has 4 aromatic rings. The van der Waals surface area contributed by atoms with Gasteiger partial charge in [0.25, 0.3) is 5.56 Å². The van der Waals surface area contributed by atoms with Gasteiger partial charge in [0, 0.05) is 18.5 Å². The van der Waals surface area contributed by atoms with Gasteiger partial charge >= 0.3 is 11.7 Å². The number of fused-ring (bicyclic) bond motifs is 4. The zero-order valence-electron chi connectivity index (χ0n) is 26.3. The van der Waals surface area contributed by atoms with Gasteiger partial charge in [0.15, 0.2) is 0 Å². The van der Waals surface area contributed by atoms with Crippen molar-refractivity contribution in [1.82, 2.24) is 14.6 Å². The number of esters is 1. The largest absolute Gasteiger partial charge is 0.497 e. The van der Waals surface area contributed by atoms with Crippen LogP contribution in [0.1, 0.15) is 47.2 Å². The van der Waals surface area contributed by atoms with Gasteiger partial charge in [-0.3, -0.25) is 14.8 Å². The molecule has 1 fully saturated rings. The summed E-state index contributed by atoms with van der Waals surface area (Å²) in [7, 11) is 4.73. The molecule has 11 nitrogen and oxygen atoms in total. The van der Waals surface area contributed by atoms with Crippen LogP contribution in [0.2, 0.25) is 0 Å². The number of ether oxygens (including phenoxy) is 4. The lowest BCUT2D eigenvalue weighted by Gasteiger charge is -2.32. The van der Waals surface area contributed by atoms with Crippen LogP contribution in [0.5, 0.6) is 17.2 Å². The van der Waals surface area contributed by atoms with E-state index >= 15 is 0 Å². The summed E-state index contributed by atoms with van der Waals surface area (Å²) in [5.74, 6) is 2.01. The van der Waals surface area contributed by atoms with Crippen LogP contribution in [0.3, 0.4) is 0 Å². The number of aromatic nitrogens is 2. The zero-order valence-corrected chi connectivity index (χ0v) is 27.1. The molecule has 3 aromatic carbocycles. The maximum absolute atomic E-state index is 14.1. The molecule has 1 aliphatic heterocycles. The van der Waals surface area contributed by atoms with E-state index in [9.17, 15) is 14.4 Å². The van der Waals surface area contributed by atoms with E-state index < -0.39 is 17.2 Å². The van der Waals surface area contributed by atoms with Gasteiger partial charge < -0.3 is 24.3 Å². The molecule has 3 unspecified atom stereocenters. The highest BCUT2D eigenvalue weighted by molar-refractivity contribution is 5.96. The van der Waals surface area contributed by atoms with Gasteiger partial charge in [-0.1, -0.05) is 12.1 Å². The number of carbonyl (C=O) groups is 1. The quantitative estimate of drug-likeness (QED) is 0.241. The third-order valence-corrected chi connectivity index (χ3v) is 9.06. The Morgan fingerprint density at radius 1 is 1.00 bits per heavy atom. The molecule has 12 heteroatoms. The van der Waals surface area contributed by atoms with Crippen molar-refractivity contribution in [3.05, 3.63) is 92.1 Å². The molecule has 46 heavy (non-hydrogen) atoms. The molecule has 0 amide bonds. The minimum atomic E-state index is -0.572. The average molecular weight is 651 g/mol. The molecular weight excluding hydrogens is 612 g/mol. The summed E-state index contributed by atoms with van der Waals surface area (Å²) in [5.41, 5.74) is 5.52. The Morgan fingerprint density at radius 2 is 1.76 bits per heavy atom. The number of hydrogen-bond acceptors (Lipinski definition) is 9. The van der Waals surface area contributed by atoms with Gasteiger partial charge in [-0.25, -0.2) is 14.3 Å². The number of rotatable bonds is 10. The van der Waals surface area contributed by atoms with Crippen LogP contribution in [0.15, 0.2) is 64.2 Å². The second-order valence-corrected chi connectivity index (χ2v) is 11.4. The molecule has 2 heterocycles. The minimum absolute atomic E-state index is 0. The number of methoxy groups -OCH3 is 3. The maximum atomic E-state index is 14.1. The van der Waals surface area contributed by atoms with Crippen LogP contribution in [-0.4, -0.2) is 55.7 Å². The summed E-state index contributed by atoms with van der Waals surface area (Å²) >= 11 is 0. The van der Waals surface area contributed by atoms with E-state index in [1.54, 1.807) is 50.4 Å². The first-order valence-corrected chi connectivity index (χ1v) is 15.2. The molecule has 0 saturated carbocycles. The number of halogens is 1. The number of benzene rings is 3. The summed E-state index contributed by atoms with van der Waals surface area (Å²) in [6.07, 6.45) is 2.59. The normalized spacial score (nSPS) is 18.2. The van der Waals surface area contributed by atoms with Crippen molar-refractivity contribution in [2.75, 3.05) is 39.9 Å². The van der Waals surface area contributed by atoms with Crippen molar-refractivity contribution in [2.45, 2.75) is 44.7 Å². The van der Waals surface area contributed by atoms with E-state index in [2.05, 4.69) is 16.8 Å². The molecule has 1 aliphatic carbocycles. The number of hydrogen-bond donors (Lipinski definition) is 2. The highest BCUT2D eigenvalue weighted by atomic mass is 35.5. The maximum Gasteiger partial charge on any atom is 0.350 e. The standard InChI is InChI=1S/C34H38N4O7.ClH/c1-5-45-33(40)25-17-21(42-2)10-13-27(25)36-38-29-14-11-22(43-3)18-26(29)32(39)37(34(38)41)16-15-28-31-20(19-35-28)9-12-23-24(31)7-6-8-30(23)44-4;/h6-8,10-11,13-14,17-18,20,28,31,35-36H,5,9,12,15-16,19H2,1-4H3;1H. The van der Waals surface area contributed by atoms with Crippen LogP contribution >= 0.6 is 12.4 Å². The van der Waals surface area contributed by atoms with Crippen LogP contribution in [0.25, 0.3) is 10.9 Å². The number of nitrogens with zero attached hydrogens (tertiary/aromatic N) is 2. The van der Waals surface area contributed by atoms with Gasteiger partial charge in [-0.05, 0) is 92.2 Å². The fourth-order valence-corrected chi connectivity index (χ4v) is 6.89. The SMILES string of the molecule is CCOC(=O)c1cc(OC)ccc1Nn1c(=O)n(CCC2NCC3CCc4c(OC)cccc4C32)c(=O)c2cc(OC)ccc21.Cl. The van der Waals surface area contributed by atoms with Crippen molar-refractivity contribution in [3.63, 3.8) is 0 Å². The Balaban J connectivity index is 0.00000417. The third-order valence-electron chi connectivity index (χ3n) is 9.06. The van der Waals surface area contributed by atoms with Crippen molar-refractivity contribution in [3.8, 4) is 17.2 Å². The first-order chi connectivity index (χ1) is 21.9. The summed E-state index contributed by atoms with van der Waals surface area (Å²) in [4.78, 5) is 40.9. The van der Waals surface area contributed by atoms with Crippen LogP contribution < -0.4 is 36.2 Å². The molecule has 1 saturated heterocycles. The van der Waals surface area contributed by atoms with E-state index in [0.29, 0.717) is 40.4 Å². The van der Waals surface area contributed by atoms with Crippen molar-refractivity contribution >= 4 is 35.0 Å². The second kappa shape index (κ2) is 13.9. The van der Waals surface area contributed by atoms with Gasteiger partial charge in [0.05, 0.1) is 50.1 Å². The molecule has 1 aromatic heterocycles. The number of carbonyl (C=O) groups excluding carboxylic acids is 1. The predicted octanol–water partition coefficient (Wildman–Crippen LogP) is 4.37. The average Bonchev–Trinajstić information content (AvgIpc) is 3.49. The fraction of sp³-hybridized carbons (Fsp3) is 0.382. The molecule has 0 bridgehead atoms. The molecule has 2 aliphatic rings. The van der Waals surface area contributed by atoms with E-state index in [1.165, 1.54) is 34.6 Å². The van der Waals surface area contributed by atoms with Gasteiger partial charge in [0.2, 0.25) is 0 Å². The van der Waals surface area contributed by atoms with E-state index in [4.69, 9.17) is 18.9 Å². The second-order valence-electron chi connectivity index (χ2n) is 11.4. The Hall–Kier alpha value is -4.48. The molecule has 3 atom stereocenters. The fourth-order valence-electron chi connectivity index (χ4n) is 6.89. The van der Waals surface area contributed by atoms with Gasteiger partial charge in [-0.15, -0.1) is 12.4 Å². The Kier molecular flexibility index (Phi) is 9.93. The molecule has 0 spiro atoms. The first-order valence-electron chi connectivity index (χ1n) is 15.2. The van der Waals surface area contributed by atoms with Crippen molar-refractivity contribution in [2.24, 2.45) is 5.92 Å². The Morgan fingerprint density at radius 3 is 2.50 bits per heavy atom. The highest BCUT2D eigenvalue weighted by Gasteiger charge is 2.40. The lowest BCUT2D eigenvalue weighted by molar-refractivity contribution is 0.0527. The molecule has 2 N–H and O–H groups in total. The van der Waals surface area contributed by atoms with E-state index in [1.807, 2.05) is 12.1 Å². The first kappa shape index (κ1) is 32.9. The minimum Gasteiger partial charge on any atom is -0.497 e. The number of anilines is 1. The monoisotopic (exact) mass is 650 g/mol. The summed E-state index contributed by atoms with van der Waals surface area (Å²) in [6.45, 7) is 2.98. The van der Waals surface area contributed by atoms with Crippen LogP contribution in [-0.2, 0) is 17.7 Å². The third kappa shape index (κ3) is 5.92. The molecule has 0 radical (unpaired) electrons. The van der Waals surface area contributed by atoms with E-state index in [0.717, 1.165) is 25.1 Å². The molecular formula is C34H39ClN4O7. The van der Waals surface area contributed by atoms with Crippen molar-refractivity contribution < 1.29 is 23.7 Å². The Bertz CT molecular complexity index is 1870. The topological polar surface area (TPSA) is 122 Å². The zero-order chi connectivity index (χ0) is 31.7. The van der Waals surface area contributed by atoms with Crippen LogP contribution in [0, 0.1) is 5.92 Å². The lowest BCUT2D eigenvalue weighted by atomic mass is 9.73. The lowest BCUT2D eigenvalue weighted by Crippen LogP contribution is -2.43. The summed E-state index contributed by atoms with van der Waals surface area (Å²) in [5, 5.41) is 3.98. The Labute approximate surface area is 272 Å². The summed E-state index contributed by atoms with van der Waals surface area (Å²) < 4.78 is 24.2. The highest BCUT2D eigenvalue weighted by Crippen LogP contribution is 2.45. The molecule has 6 rings (SSSR count). The summed E-state index contributed by atoms with van der Waals surface area (Å²) in [6, 6.07) is 16.1. The van der Waals surface area contributed by atoms with Gasteiger partial charge in [0.1, 0.15) is 17.2 Å². The van der Waals surface area contributed by atoms with Crippen molar-refractivity contribution in [1.29, 1.82) is 0 Å². The van der Waals surface area contributed by atoms with Crippen LogP contribution in [0.4, 0.5) is 5.69 Å². The van der Waals surface area contributed by atoms with Gasteiger partial charge in [-0.2, -0.15) is 0 Å². The van der Waals surface area contributed by atoms with E-state index in [-0.39, 0.29) is 43.1 Å². The predicted molar refractivity (Wildman–Crippen MR) is 178 cm³/mol. The smallest absolute Gasteiger partial charge is 0.350 e. The number of nitrogens with one attached hydrogen (secondary N) is 2. The molecule has 244 valence electrons.